The third-order valence-electron chi connectivity index (χ3n) is 3.56. The van der Waals surface area contributed by atoms with Crippen LogP contribution in [0.1, 0.15) is 20.3 Å². The Morgan fingerprint density at radius 2 is 1.62 bits per heavy atom. The lowest BCUT2D eigenvalue weighted by Crippen LogP contribution is -2.44. The number of nitrogens with two attached hydrogens (primary N) is 1. The molecular weight excluding hydrogens is 324 g/mol. The van der Waals surface area contributed by atoms with Gasteiger partial charge >= 0.3 is 0 Å². The fourth-order valence-electron chi connectivity index (χ4n) is 2.44. The van der Waals surface area contributed by atoms with E-state index >= 15 is 0 Å². The minimum Gasteiger partial charge on any atom is -0.320 e. The van der Waals surface area contributed by atoms with Crippen molar-refractivity contribution in [2.24, 2.45) is 11.7 Å². The second-order valence-electron chi connectivity index (χ2n) is 6.07. The van der Waals surface area contributed by atoms with Crippen molar-refractivity contribution in [2.75, 3.05) is 0 Å². The van der Waals surface area contributed by atoms with Crippen molar-refractivity contribution in [3.05, 3.63) is 54.6 Å². The summed E-state index contributed by atoms with van der Waals surface area (Å²) in [6, 6.07) is 14.9. The van der Waals surface area contributed by atoms with E-state index in [2.05, 4.69) is 4.72 Å². The van der Waals surface area contributed by atoms with Crippen LogP contribution in [-0.2, 0) is 14.8 Å². The van der Waals surface area contributed by atoms with Gasteiger partial charge < -0.3 is 5.73 Å². The first-order chi connectivity index (χ1) is 11.3. The van der Waals surface area contributed by atoms with Crippen LogP contribution in [0.2, 0.25) is 0 Å². The first kappa shape index (κ1) is 18.2. The highest BCUT2D eigenvalue weighted by Crippen LogP contribution is 2.26. The quantitative estimate of drug-likeness (QED) is 0.841. The van der Waals surface area contributed by atoms with Gasteiger partial charge in [0.2, 0.25) is 0 Å². The van der Waals surface area contributed by atoms with Crippen molar-refractivity contribution >= 4 is 15.9 Å². The molecule has 2 aromatic carbocycles. The Hall–Kier alpha value is -2.18. The highest BCUT2D eigenvalue weighted by atomic mass is 32.2. The summed E-state index contributed by atoms with van der Waals surface area (Å²) in [4.78, 5) is 12.2. The second-order valence-corrected chi connectivity index (χ2v) is 7.72. The van der Waals surface area contributed by atoms with Crippen molar-refractivity contribution < 1.29 is 13.2 Å². The molecule has 0 fully saturated rings. The average Bonchev–Trinajstić information content (AvgIpc) is 2.54. The number of sulfonamides is 1. The Labute approximate surface area is 142 Å². The molecule has 0 saturated heterocycles. The predicted molar refractivity (Wildman–Crippen MR) is 94.6 cm³/mol. The van der Waals surface area contributed by atoms with Gasteiger partial charge in [0.05, 0.1) is 10.9 Å². The zero-order valence-electron chi connectivity index (χ0n) is 13.8. The summed E-state index contributed by atoms with van der Waals surface area (Å²) in [5.41, 5.74) is 7.08. The minimum absolute atomic E-state index is 0.0568. The zero-order chi connectivity index (χ0) is 17.7. The molecule has 2 aromatic rings. The molecule has 24 heavy (non-hydrogen) atoms. The van der Waals surface area contributed by atoms with E-state index in [1.165, 1.54) is 6.07 Å². The van der Waals surface area contributed by atoms with Gasteiger partial charge in [0.1, 0.15) is 0 Å². The molecule has 1 atom stereocenters. The van der Waals surface area contributed by atoms with E-state index in [0.29, 0.717) is 12.0 Å². The van der Waals surface area contributed by atoms with E-state index < -0.39 is 22.0 Å². The van der Waals surface area contributed by atoms with Gasteiger partial charge in [-0.1, -0.05) is 62.4 Å². The Morgan fingerprint density at radius 1 is 1.04 bits per heavy atom. The Morgan fingerprint density at radius 3 is 2.25 bits per heavy atom. The number of rotatable bonds is 6. The van der Waals surface area contributed by atoms with Crippen molar-refractivity contribution in [1.82, 2.24) is 4.72 Å². The molecular formula is C18H22N2O3S. The summed E-state index contributed by atoms with van der Waals surface area (Å²) in [5, 5.41) is 0. The molecule has 128 valence electrons. The van der Waals surface area contributed by atoms with Crippen LogP contribution in [0.3, 0.4) is 0 Å². The predicted octanol–water partition coefficient (Wildman–Crippen LogP) is 2.53. The van der Waals surface area contributed by atoms with Crippen LogP contribution in [0.25, 0.3) is 11.1 Å². The lowest BCUT2D eigenvalue weighted by atomic mass is 10.0. The topological polar surface area (TPSA) is 89.3 Å². The summed E-state index contributed by atoms with van der Waals surface area (Å²) in [6.45, 7) is 3.85. The largest absolute Gasteiger partial charge is 0.320 e. The maximum absolute atomic E-state index is 12.6. The van der Waals surface area contributed by atoms with Crippen molar-refractivity contribution in [3.8, 4) is 11.1 Å². The maximum Gasteiger partial charge on any atom is 0.264 e. The average molecular weight is 346 g/mol. The Bertz CT molecular complexity index is 802. The molecule has 0 radical (unpaired) electrons. The van der Waals surface area contributed by atoms with Crippen LogP contribution in [0, 0.1) is 5.92 Å². The molecule has 3 N–H and O–H groups in total. The molecule has 1 amide bonds. The number of benzene rings is 2. The van der Waals surface area contributed by atoms with Crippen LogP contribution in [-0.4, -0.2) is 20.4 Å². The summed E-state index contributed by atoms with van der Waals surface area (Å²) < 4.78 is 27.4. The monoisotopic (exact) mass is 346 g/mol. The van der Waals surface area contributed by atoms with Gasteiger partial charge in [-0.2, -0.15) is 0 Å². The molecule has 0 aliphatic carbocycles. The number of carbonyl (C=O) groups is 1. The molecule has 6 heteroatoms. The van der Waals surface area contributed by atoms with E-state index in [9.17, 15) is 13.2 Å². The van der Waals surface area contributed by atoms with Crippen molar-refractivity contribution in [3.63, 3.8) is 0 Å². The third kappa shape index (κ3) is 4.43. The SMILES string of the molecule is CC(C)C[C@H](N)C(=O)NS(=O)(=O)c1ccccc1-c1ccccc1. The molecule has 0 heterocycles. The smallest absolute Gasteiger partial charge is 0.264 e. The maximum atomic E-state index is 12.6. The van der Waals surface area contributed by atoms with E-state index in [4.69, 9.17) is 5.73 Å². The molecule has 0 bridgehead atoms. The molecule has 0 aliphatic heterocycles. The molecule has 5 nitrogen and oxygen atoms in total. The molecule has 0 spiro atoms. The number of amides is 1. The number of nitrogens with one attached hydrogen (secondary N) is 1. The van der Waals surface area contributed by atoms with E-state index in [1.807, 2.05) is 44.2 Å². The van der Waals surface area contributed by atoms with E-state index in [-0.39, 0.29) is 10.8 Å². The highest BCUT2D eigenvalue weighted by molar-refractivity contribution is 7.90. The van der Waals surface area contributed by atoms with Gasteiger partial charge in [0, 0.05) is 5.56 Å². The Balaban J connectivity index is 2.32. The van der Waals surface area contributed by atoms with Gasteiger partial charge in [-0.3, -0.25) is 4.79 Å². The van der Waals surface area contributed by atoms with Gasteiger partial charge in [-0.25, -0.2) is 13.1 Å². The van der Waals surface area contributed by atoms with Crippen LogP contribution >= 0.6 is 0 Å². The number of hydrogen-bond acceptors (Lipinski definition) is 4. The van der Waals surface area contributed by atoms with Crippen molar-refractivity contribution in [2.45, 2.75) is 31.2 Å². The van der Waals surface area contributed by atoms with Crippen LogP contribution in [0.4, 0.5) is 0 Å². The van der Waals surface area contributed by atoms with Gasteiger partial charge in [0.15, 0.2) is 0 Å². The first-order valence-corrected chi connectivity index (χ1v) is 9.26. The summed E-state index contributed by atoms with van der Waals surface area (Å²) >= 11 is 0. The van der Waals surface area contributed by atoms with Crippen LogP contribution in [0.15, 0.2) is 59.5 Å². The van der Waals surface area contributed by atoms with E-state index in [0.717, 1.165) is 5.56 Å². The zero-order valence-corrected chi connectivity index (χ0v) is 14.6. The van der Waals surface area contributed by atoms with E-state index in [1.54, 1.807) is 18.2 Å². The van der Waals surface area contributed by atoms with Gasteiger partial charge in [-0.15, -0.1) is 0 Å². The highest BCUT2D eigenvalue weighted by Gasteiger charge is 2.24. The molecule has 0 unspecified atom stereocenters. The van der Waals surface area contributed by atoms with Crippen LogP contribution in [0.5, 0.6) is 0 Å². The molecule has 2 rings (SSSR count). The lowest BCUT2D eigenvalue weighted by molar-refractivity contribution is -0.120. The number of hydrogen-bond donors (Lipinski definition) is 2. The summed E-state index contributed by atoms with van der Waals surface area (Å²) in [6.07, 6.45) is 0.418. The normalized spacial score (nSPS) is 12.8. The molecule has 0 saturated carbocycles. The standard InChI is InChI=1S/C18H22N2O3S/c1-13(2)12-16(19)18(21)20-24(22,23)17-11-7-6-10-15(17)14-8-4-3-5-9-14/h3-11,13,16H,12,19H2,1-2H3,(H,20,21)/t16-/m0/s1. The first-order valence-electron chi connectivity index (χ1n) is 7.78. The third-order valence-corrected chi connectivity index (χ3v) is 4.96. The fourth-order valence-corrected chi connectivity index (χ4v) is 3.69. The molecule has 0 aliphatic rings. The Kier molecular flexibility index (Phi) is 5.75. The number of carbonyl (C=O) groups excluding carboxylic acids is 1. The lowest BCUT2D eigenvalue weighted by Gasteiger charge is -2.16. The summed E-state index contributed by atoms with van der Waals surface area (Å²) in [5.74, 6) is -0.489. The molecule has 0 aromatic heterocycles. The second kappa shape index (κ2) is 7.59. The fraction of sp³-hybridized carbons (Fsp3) is 0.278. The minimum atomic E-state index is -4.00. The van der Waals surface area contributed by atoms with Gasteiger partial charge in [-0.05, 0) is 24.0 Å². The van der Waals surface area contributed by atoms with Gasteiger partial charge in [0.25, 0.3) is 15.9 Å². The van der Waals surface area contributed by atoms with Crippen molar-refractivity contribution in [1.29, 1.82) is 0 Å². The van der Waals surface area contributed by atoms with Crippen LogP contribution < -0.4 is 10.5 Å². The summed E-state index contributed by atoms with van der Waals surface area (Å²) in [7, 11) is -4.00.